The highest BCUT2D eigenvalue weighted by atomic mass is 79.9. The van der Waals surface area contributed by atoms with Crippen LogP contribution in [0.3, 0.4) is 0 Å². The zero-order valence-corrected chi connectivity index (χ0v) is 19.3. The summed E-state index contributed by atoms with van der Waals surface area (Å²) in [5, 5.41) is 0. The zero-order chi connectivity index (χ0) is 20.7. The van der Waals surface area contributed by atoms with Gasteiger partial charge in [0.2, 0.25) is 5.91 Å². The Morgan fingerprint density at radius 1 is 1.18 bits per heavy atom. The highest BCUT2D eigenvalue weighted by molar-refractivity contribution is 9.10. The van der Waals surface area contributed by atoms with Crippen LogP contribution in [0.5, 0.6) is 11.5 Å². The maximum Gasteiger partial charge on any atom is 0.227 e. The molecule has 1 aromatic carbocycles. The molecule has 8 heteroatoms. The van der Waals surface area contributed by atoms with Gasteiger partial charge in [-0.25, -0.2) is 8.42 Å². The van der Waals surface area contributed by atoms with Gasteiger partial charge >= 0.3 is 0 Å². The van der Waals surface area contributed by atoms with E-state index in [0.29, 0.717) is 37.7 Å². The van der Waals surface area contributed by atoms with Gasteiger partial charge in [0.15, 0.2) is 21.3 Å². The third-order valence-electron chi connectivity index (χ3n) is 4.78. The van der Waals surface area contributed by atoms with Crippen molar-refractivity contribution in [2.24, 2.45) is 0 Å². The van der Waals surface area contributed by atoms with Crippen LogP contribution in [0, 0.1) is 0 Å². The smallest absolute Gasteiger partial charge is 0.227 e. The number of carbonyl (C=O) groups excluding carboxylic acids is 1. The van der Waals surface area contributed by atoms with E-state index in [9.17, 15) is 13.2 Å². The average Bonchev–Trinajstić information content (AvgIpc) is 2.99. The predicted octanol–water partition coefficient (Wildman–Crippen LogP) is 3.60. The summed E-state index contributed by atoms with van der Waals surface area (Å²) in [4.78, 5) is 14.8. The SMILES string of the molecule is CCCCN(C(=O)Cc1cc(OCC)c(OCC)cc1Br)C1CCS(=O)(=O)C1. The molecule has 0 radical (unpaired) electrons. The molecule has 1 aromatic rings. The molecule has 1 saturated heterocycles. The number of carbonyl (C=O) groups is 1. The molecule has 0 bridgehead atoms. The number of hydrogen-bond donors (Lipinski definition) is 0. The summed E-state index contributed by atoms with van der Waals surface area (Å²) in [6.07, 6.45) is 2.52. The van der Waals surface area contributed by atoms with E-state index in [4.69, 9.17) is 9.47 Å². The van der Waals surface area contributed by atoms with Crippen molar-refractivity contribution in [1.82, 2.24) is 4.90 Å². The molecule has 0 N–H and O–H groups in total. The van der Waals surface area contributed by atoms with Crippen molar-refractivity contribution in [3.8, 4) is 11.5 Å². The van der Waals surface area contributed by atoms with Gasteiger partial charge in [-0.15, -0.1) is 0 Å². The number of halogens is 1. The molecular formula is C20H30BrNO5S. The maximum absolute atomic E-state index is 13.1. The molecule has 1 fully saturated rings. The van der Waals surface area contributed by atoms with E-state index in [0.717, 1.165) is 22.9 Å². The Morgan fingerprint density at radius 3 is 2.36 bits per heavy atom. The van der Waals surface area contributed by atoms with Gasteiger partial charge in [0.1, 0.15) is 0 Å². The van der Waals surface area contributed by atoms with Crippen LogP contribution in [0.4, 0.5) is 0 Å². The summed E-state index contributed by atoms with van der Waals surface area (Å²) >= 11 is 3.53. The quantitative estimate of drug-likeness (QED) is 0.516. The topological polar surface area (TPSA) is 72.9 Å². The largest absolute Gasteiger partial charge is 0.490 e. The van der Waals surface area contributed by atoms with Crippen molar-refractivity contribution >= 4 is 31.7 Å². The first-order valence-electron chi connectivity index (χ1n) is 9.89. The molecule has 0 aromatic heterocycles. The third-order valence-corrected chi connectivity index (χ3v) is 7.26. The van der Waals surface area contributed by atoms with Gasteiger partial charge in [-0.3, -0.25) is 4.79 Å². The number of nitrogens with zero attached hydrogens (tertiary/aromatic N) is 1. The van der Waals surface area contributed by atoms with E-state index >= 15 is 0 Å². The predicted molar refractivity (Wildman–Crippen MR) is 114 cm³/mol. The summed E-state index contributed by atoms with van der Waals surface area (Å²) in [6, 6.07) is 3.43. The van der Waals surface area contributed by atoms with Gasteiger partial charge in [-0.2, -0.15) is 0 Å². The van der Waals surface area contributed by atoms with Crippen molar-refractivity contribution in [2.45, 2.75) is 52.5 Å². The fraction of sp³-hybridized carbons (Fsp3) is 0.650. The van der Waals surface area contributed by atoms with E-state index in [1.807, 2.05) is 26.0 Å². The lowest BCUT2D eigenvalue weighted by Gasteiger charge is -2.28. The van der Waals surface area contributed by atoms with Crippen molar-refractivity contribution < 1.29 is 22.7 Å². The normalized spacial score (nSPS) is 18.1. The molecule has 0 aliphatic carbocycles. The van der Waals surface area contributed by atoms with Crippen LogP contribution in [0.15, 0.2) is 16.6 Å². The van der Waals surface area contributed by atoms with Gasteiger partial charge in [-0.05, 0) is 44.4 Å². The first kappa shape index (κ1) is 23.0. The van der Waals surface area contributed by atoms with Crippen molar-refractivity contribution in [3.05, 3.63) is 22.2 Å². The van der Waals surface area contributed by atoms with Crippen LogP contribution in [-0.4, -0.2) is 56.5 Å². The molecule has 0 spiro atoms. The van der Waals surface area contributed by atoms with Crippen LogP contribution in [0.2, 0.25) is 0 Å². The molecule has 1 aliphatic heterocycles. The number of unbranched alkanes of at least 4 members (excludes halogenated alkanes) is 1. The minimum Gasteiger partial charge on any atom is -0.490 e. The van der Waals surface area contributed by atoms with Crippen LogP contribution in [0.25, 0.3) is 0 Å². The summed E-state index contributed by atoms with van der Waals surface area (Å²) in [5.74, 6) is 1.42. The second-order valence-electron chi connectivity index (χ2n) is 6.93. The summed E-state index contributed by atoms with van der Waals surface area (Å²) in [7, 11) is -3.05. The third kappa shape index (κ3) is 6.11. The van der Waals surface area contributed by atoms with Crippen molar-refractivity contribution in [1.29, 1.82) is 0 Å². The fourth-order valence-corrected chi connectivity index (χ4v) is 5.57. The molecule has 1 atom stereocenters. The first-order chi connectivity index (χ1) is 13.3. The second kappa shape index (κ2) is 10.5. The Morgan fingerprint density at radius 2 is 1.82 bits per heavy atom. The number of amides is 1. The molecule has 1 aliphatic rings. The standard InChI is InChI=1S/C20H30BrNO5S/c1-4-7-9-22(16-8-10-28(24,25)14-16)20(23)12-15-11-18(26-5-2)19(27-6-3)13-17(15)21/h11,13,16H,4-10,12,14H2,1-3H3. The molecule has 6 nitrogen and oxygen atoms in total. The van der Waals surface area contributed by atoms with Gasteiger partial charge in [0, 0.05) is 17.1 Å². The van der Waals surface area contributed by atoms with Crippen LogP contribution in [0.1, 0.15) is 45.6 Å². The second-order valence-corrected chi connectivity index (χ2v) is 10.0. The lowest BCUT2D eigenvalue weighted by Crippen LogP contribution is -2.42. The maximum atomic E-state index is 13.1. The lowest BCUT2D eigenvalue weighted by molar-refractivity contribution is -0.132. The lowest BCUT2D eigenvalue weighted by atomic mass is 10.1. The van der Waals surface area contributed by atoms with Crippen LogP contribution < -0.4 is 9.47 Å². The molecule has 1 unspecified atom stereocenters. The Kier molecular flexibility index (Phi) is 8.61. The Bertz CT molecular complexity index is 781. The minimum atomic E-state index is -3.05. The molecule has 2 rings (SSSR count). The van der Waals surface area contributed by atoms with E-state index < -0.39 is 9.84 Å². The van der Waals surface area contributed by atoms with Gasteiger partial charge in [0.25, 0.3) is 0 Å². The highest BCUT2D eigenvalue weighted by Gasteiger charge is 2.34. The number of ether oxygens (including phenoxy) is 2. The van der Waals surface area contributed by atoms with Crippen molar-refractivity contribution in [2.75, 3.05) is 31.3 Å². The molecule has 158 valence electrons. The molecule has 0 saturated carbocycles. The highest BCUT2D eigenvalue weighted by Crippen LogP contribution is 2.34. The summed E-state index contributed by atoms with van der Waals surface area (Å²) in [6.45, 7) is 7.47. The number of rotatable bonds is 10. The van der Waals surface area contributed by atoms with E-state index in [2.05, 4.69) is 22.9 Å². The number of sulfone groups is 1. The monoisotopic (exact) mass is 475 g/mol. The van der Waals surface area contributed by atoms with Gasteiger partial charge in [0.05, 0.1) is 31.1 Å². The number of hydrogen-bond acceptors (Lipinski definition) is 5. The molecular weight excluding hydrogens is 446 g/mol. The minimum absolute atomic E-state index is 0.0529. The van der Waals surface area contributed by atoms with Crippen molar-refractivity contribution in [3.63, 3.8) is 0 Å². The summed E-state index contributed by atoms with van der Waals surface area (Å²) < 4.78 is 35.9. The van der Waals surface area contributed by atoms with Gasteiger partial charge in [-0.1, -0.05) is 29.3 Å². The van der Waals surface area contributed by atoms with E-state index in [1.165, 1.54) is 0 Å². The van der Waals surface area contributed by atoms with E-state index in [-0.39, 0.29) is 29.9 Å². The summed E-state index contributed by atoms with van der Waals surface area (Å²) in [5.41, 5.74) is 0.805. The first-order valence-corrected chi connectivity index (χ1v) is 12.5. The van der Waals surface area contributed by atoms with Crippen LogP contribution in [-0.2, 0) is 21.1 Å². The Balaban J connectivity index is 2.23. The average molecular weight is 476 g/mol. The van der Waals surface area contributed by atoms with Crippen LogP contribution >= 0.6 is 15.9 Å². The zero-order valence-electron chi connectivity index (χ0n) is 16.9. The number of benzene rings is 1. The molecule has 1 amide bonds. The fourth-order valence-electron chi connectivity index (χ4n) is 3.37. The molecule has 1 heterocycles. The van der Waals surface area contributed by atoms with E-state index in [1.54, 1.807) is 4.90 Å². The molecule has 28 heavy (non-hydrogen) atoms. The Labute approximate surface area is 176 Å². The Hall–Kier alpha value is -1.28. The van der Waals surface area contributed by atoms with Gasteiger partial charge < -0.3 is 14.4 Å².